The predicted octanol–water partition coefficient (Wildman–Crippen LogP) is 4.00. The molecular weight excluding hydrogens is 302 g/mol. The number of urea groups is 1. The van der Waals surface area contributed by atoms with Gasteiger partial charge in [-0.15, -0.1) is 22.7 Å². The van der Waals surface area contributed by atoms with E-state index in [1.165, 1.54) is 20.2 Å². The molecule has 0 aliphatic heterocycles. The van der Waals surface area contributed by atoms with Crippen LogP contribution in [0.2, 0.25) is 0 Å². The standard InChI is InChI=1S/C15H21N3OS2/c1-8-6-13(12(5)20-8)10(3)18-15(19)16-7-14-17-9(2)11(4)21-14/h6,10H,7H2,1-5H3,(H2,16,18,19). The highest BCUT2D eigenvalue weighted by molar-refractivity contribution is 7.12. The van der Waals surface area contributed by atoms with Gasteiger partial charge in [0.15, 0.2) is 0 Å². The fourth-order valence-corrected chi connectivity index (χ4v) is 4.07. The summed E-state index contributed by atoms with van der Waals surface area (Å²) in [5.41, 5.74) is 2.23. The third-order valence-corrected chi connectivity index (χ3v) is 5.42. The van der Waals surface area contributed by atoms with Gasteiger partial charge in [0.1, 0.15) is 5.01 Å². The average molecular weight is 323 g/mol. The molecule has 6 heteroatoms. The number of aromatic nitrogens is 1. The summed E-state index contributed by atoms with van der Waals surface area (Å²) in [6.45, 7) is 10.7. The predicted molar refractivity (Wildman–Crippen MR) is 89.2 cm³/mol. The van der Waals surface area contributed by atoms with Gasteiger partial charge in [0.2, 0.25) is 0 Å². The van der Waals surface area contributed by atoms with E-state index in [-0.39, 0.29) is 12.1 Å². The first kappa shape index (κ1) is 16.0. The van der Waals surface area contributed by atoms with Crippen molar-refractivity contribution < 1.29 is 4.79 Å². The first-order valence-corrected chi connectivity index (χ1v) is 8.54. The molecule has 2 amide bonds. The molecule has 0 aromatic carbocycles. The summed E-state index contributed by atoms with van der Waals surface area (Å²) in [5, 5.41) is 6.78. The zero-order valence-electron chi connectivity index (χ0n) is 13.0. The Labute approximate surface area is 133 Å². The fraction of sp³-hybridized carbons (Fsp3) is 0.467. The summed E-state index contributed by atoms with van der Waals surface area (Å²) in [6, 6.07) is 1.99. The monoisotopic (exact) mass is 323 g/mol. The van der Waals surface area contributed by atoms with Crippen molar-refractivity contribution in [2.45, 2.75) is 47.2 Å². The van der Waals surface area contributed by atoms with Crippen molar-refractivity contribution in [1.82, 2.24) is 15.6 Å². The van der Waals surface area contributed by atoms with Crippen molar-refractivity contribution in [3.63, 3.8) is 0 Å². The Hall–Kier alpha value is -1.40. The van der Waals surface area contributed by atoms with Crippen LogP contribution in [0.1, 0.15) is 43.9 Å². The lowest BCUT2D eigenvalue weighted by atomic mass is 10.1. The lowest BCUT2D eigenvalue weighted by Crippen LogP contribution is -2.36. The zero-order chi connectivity index (χ0) is 15.6. The lowest BCUT2D eigenvalue weighted by molar-refractivity contribution is 0.237. The van der Waals surface area contributed by atoms with Crippen molar-refractivity contribution in [3.05, 3.63) is 37.0 Å². The first-order chi connectivity index (χ1) is 9.86. The van der Waals surface area contributed by atoms with Crippen molar-refractivity contribution in [3.8, 4) is 0 Å². The molecule has 0 radical (unpaired) electrons. The molecule has 21 heavy (non-hydrogen) atoms. The van der Waals surface area contributed by atoms with E-state index in [1.807, 2.05) is 20.8 Å². The number of amides is 2. The Morgan fingerprint density at radius 1 is 1.24 bits per heavy atom. The molecule has 2 aromatic heterocycles. The van der Waals surface area contributed by atoms with Crippen molar-refractivity contribution in [1.29, 1.82) is 0 Å². The van der Waals surface area contributed by atoms with Crippen molar-refractivity contribution in [2.24, 2.45) is 0 Å². The molecule has 1 atom stereocenters. The number of hydrogen-bond donors (Lipinski definition) is 2. The smallest absolute Gasteiger partial charge is 0.315 e. The van der Waals surface area contributed by atoms with E-state index >= 15 is 0 Å². The molecule has 4 nitrogen and oxygen atoms in total. The zero-order valence-corrected chi connectivity index (χ0v) is 14.7. The van der Waals surface area contributed by atoms with Crippen LogP contribution in [-0.2, 0) is 6.54 Å². The van der Waals surface area contributed by atoms with Crippen LogP contribution in [0.3, 0.4) is 0 Å². The second-order valence-electron chi connectivity index (χ2n) is 5.17. The fourth-order valence-electron chi connectivity index (χ4n) is 2.18. The molecule has 0 saturated carbocycles. The highest BCUT2D eigenvalue weighted by Crippen LogP contribution is 2.26. The van der Waals surface area contributed by atoms with Crippen LogP contribution in [0.5, 0.6) is 0 Å². The van der Waals surface area contributed by atoms with Gasteiger partial charge in [-0.25, -0.2) is 9.78 Å². The van der Waals surface area contributed by atoms with Gasteiger partial charge < -0.3 is 10.6 Å². The minimum Gasteiger partial charge on any atom is -0.332 e. The maximum absolute atomic E-state index is 12.0. The summed E-state index contributed by atoms with van der Waals surface area (Å²) in [5.74, 6) is 0. The molecule has 0 fully saturated rings. The molecule has 2 N–H and O–H groups in total. The van der Waals surface area contributed by atoms with E-state index in [1.54, 1.807) is 22.7 Å². The third-order valence-electron chi connectivity index (χ3n) is 3.37. The molecule has 114 valence electrons. The van der Waals surface area contributed by atoms with E-state index in [9.17, 15) is 4.79 Å². The van der Waals surface area contributed by atoms with Crippen LogP contribution in [0.15, 0.2) is 6.07 Å². The van der Waals surface area contributed by atoms with Gasteiger partial charge in [-0.2, -0.15) is 0 Å². The largest absolute Gasteiger partial charge is 0.332 e. The summed E-state index contributed by atoms with van der Waals surface area (Å²) in [6.07, 6.45) is 0. The average Bonchev–Trinajstić information content (AvgIpc) is 2.90. The maximum atomic E-state index is 12.0. The van der Waals surface area contributed by atoms with E-state index < -0.39 is 0 Å². The van der Waals surface area contributed by atoms with Crippen LogP contribution in [-0.4, -0.2) is 11.0 Å². The molecule has 0 aliphatic carbocycles. The number of thiazole rings is 1. The van der Waals surface area contributed by atoms with Gasteiger partial charge in [-0.1, -0.05) is 0 Å². The van der Waals surface area contributed by atoms with Crippen LogP contribution >= 0.6 is 22.7 Å². The highest BCUT2D eigenvalue weighted by Gasteiger charge is 2.14. The second-order valence-corrected chi connectivity index (χ2v) is 7.91. The lowest BCUT2D eigenvalue weighted by Gasteiger charge is -2.14. The summed E-state index contributed by atoms with van der Waals surface area (Å²) in [7, 11) is 0. The summed E-state index contributed by atoms with van der Waals surface area (Å²) in [4.78, 5) is 20.1. The van der Waals surface area contributed by atoms with E-state index in [0.29, 0.717) is 6.54 Å². The molecular formula is C15H21N3OS2. The van der Waals surface area contributed by atoms with Gasteiger partial charge in [0, 0.05) is 14.6 Å². The van der Waals surface area contributed by atoms with Gasteiger partial charge in [0.25, 0.3) is 0 Å². The minimum atomic E-state index is -0.156. The quantitative estimate of drug-likeness (QED) is 0.893. The van der Waals surface area contributed by atoms with E-state index in [0.717, 1.165) is 10.7 Å². The normalized spacial score (nSPS) is 12.2. The van der Waals surface area contributed by atoms with Gasteiger partial charge in [-0.3, -0.25) is 0 Å². The second kappa shape index (κ2) is 6.58. The maximum Gasteiger partial charge on any atom is 0.315 e. The first-order valence-electron chi connectivity index (χ1n) is 6.91. The Morgan fingerprint density at radius 2 is 1.95 bits per heavy atom. The van der Waals surface area contributed by atoms with Crippen LogP contribution < -0.4 is 10.6 Å². The number of carbonyl (C=O) groups excluding carboxylic acids is 1. The van der Waals surface area contributed by atoms with Gasteiger partial charge >= 0.3 is 6.03 Å². The molecule has 2 heterocycles. The van der Waals surface area contributed by atoms with E-state index in [2.05, 4.69) is 35.5 Å². The van der Waals surface area contributed by atoms with Gasteiger partial charge in [0.05, 0.1) is 18.3 Å². The number of nitrogens with one attached hydrogen (secondary N) is 2. The number of hydrogen-bond acceptors (Lipinski definition) is 4. The number of rotatable bonds is 4. The van der Waals surface area contributed by atoms with Crippen molar-refractivity contribution >= 4 is 28.7 Å². The minimum absolute atomic E-state index is 0.00900. The van der Waals surface area contributed by atoms with Crippen LogP contribution in [0.4, 0.5) is 4.79 Å². The highest BCUT2D eigenvalue weighted by atomic mass is 32.1. The molecule has 0 bridgehead atoms. The Bertz CT molecular complexity index is 626. The number of nitrogens with zero attached hydrogens (tertiary/aromatic N) is 1. The molecule has 2 aromatic rings. The summed E-state index contributed by atoms with van der Waals surface area (Å²) >= 11 is 3.38. The van der Waals surface area contributed by atoms with Crippen LogP contribution in [0, 0.1) is 27.7 Å². The number of thiophene rings is 1. The number of aryl methyl sites for hydroxylation is 4. The van der Waals surface area contributed by atoms with Gasteiger partial charge in [-0.05, 0) is 46.2 Å². The topological polar surface area (TPSA) is 54.0 Å². The van der Waals surface area contributed by atoms with Crippen LogP contribution in [0.25, 0.3) is 0 Å². The molecule has 1 unspecified atom stereocenters. The third kappa shape index (κ3) is 4.04. The molecule has 0 spiro atoms. The molecule has 0 saturated heterocycles. The number of carbonyl (C=O) groups is 1. The molecule has 2 rings (SSSR count). The Balaban J connectivity index is 1.88. The summed E-state index contributed by atoms with van der Waals surface area (Å²) < 4.78 is 0. The Morgan fingerprint density at radius 3 is 2.48 bits per heavy atom. The molecule has 0 aliphatic rings. The van der Waals surface area contributed by atoms with E-state index in [4.69, 9.17) is 0 Å². The Kier molecular flexibility index (Phi) is 5.00. The van der Waals surface area contributed by atoms with Crippen molar-refractivity contribution in [2.75, 3.05) is 0 Å². The SMILES string of the molecule is Cc1cc(C(C)NC(=O)NCc2nc(C)c(C)s2)c(C)s1.